The van der Waals surface area contributed by atoms with Crippen LogP contribution in [0.1, 0.15) is 46.0 Å². The predicted molar refractivity (Wildman–Crippen MR) is 69.9 cm³/mol. The second-order valence-corrected chi connectivity index (χ2v) is 4.96. The molecule has 6 heteroatoms. The zero-order chi connectivity index (χ0) is 15.1. The van der Waals surface area contributed by atoms with Crippen molar-refractivity contribution in [1.82, 2.24) is 0 Å². The van der Waals surface area contributed by atoms with Crippen molar-refractivity contribution in [2.75, 3.05) is 0 Å². The summed E-state index contributed by atoms with van der Waals surface area (Å²) in [4.78, 5) is 33.5. The number of ether oxygens (including phenoxy) is 2. The fourth-order valence-corrected chi connectivity index (χ4v) is 1.87. The van der Waals surface area contributed by atoms with Crippen molar-refractivity contribution in [2.24, 2.45) is 0 Å². The summed E-state index contributed by atoms with van der Waals surface area (Å²) in [5, 5.41) is 8.49. The van der Waals surface area contributed by atoms with Gasteiger partial charge in [-0.1, -0.05) is 0 Å². The Hall–Kier alpha value is -1.85. The monoisotopic (exact) mass is 284 g/mol. The first kappa shape index (κ1) is 16.2. The molecule has 6 nitrogen and oxygen atoms in total. The van der Waals surface area contributed by atoms with Crippen LogP contribution in [0.25, 0.3) is 0 Å². The molecule has 0 spiro atoms. The molecular weight excluding hydrogens is 264 g/mol. The number of carboxylic acid groups (broad SMARTS) is 1. The molecule has 0 radical (unpaired) electrons. The summed E-state index contributed by atoms with van der Waals surface area (Å²) in [7, 11) is 0. The first-order chi connectivity index (χ1) is 9.38. The van der Waals surface area contributed by atoms with Crippen LogP contribution in [0.2, 0.25) is 0 Å². The van der Waals surface area contributed by atoms with Gasteiger partial charge in [0.2, 0.25) is 0 Å². The molecule has 1 aliphatic carbocycles. The maximum absolute atomic E-state index is 11.7. The first-order valence-electron chi connectivity index (χ1n) is 6.71. The largest absolute Gasteiger partial charge is 0.481 e. The molecule has 1 rings (SSSR count). The zero-order valence-corrected chi connectivity index (χ0v) is 11.8. The van der Waals surface area contributed by atoms with Gasteiger partial charge in [-0.15, -0.1) is 0 Å². The molecule has 0 bridgehead atoms. The van der Waals surface area contributed by atoms with Crippen molar-refractivity contribution in [3.63, 3.8) is 0 Å². The van der Waals surface area contributed by atoms with E-state index >= 15 is 0 Å². The molecule has 0 aromatic heterocycles. The maximum atomic E-state index is 11.7. The lowest BCUT2D eigenvalue weighted by Gasteiger charge is -2.21. The highest BCUT2D eigenvalue weighted by Crippen LogP contribution is 2.22. The molecule has 0 aromatic rings. The number of esters is 2. The summed E-state index contributed by atoms with van der Waals surface area (Å²) in [5.41, 5.74) is 0.515. The number of hydrogen-bond donors (Lipinski definition) is 1. The molecule has 0 amide bonds. The molecule has 0 aliphatic heterocycles. The van der Waals surface area contributed by atoms with Gasteiger partial charge >= 0.3 is 17.9 Å². The number of aliphatic carboxylic acids is 1. The van der Waals surface area contributed by atoms with Crippen molar-refractivity contribution < 1.29 is 29.0 Å². The van der Waals surface area contributed by atoms with Gasteiger partial charge in [0.05, 0.1) is 18.9 Å². The molecular formula is C14H20O6. The fraction of sp³-hybridized carbons (Fsp3) is 0.643. The van der Waals surface area contributed by atoms with Gasteiger partial charge in [0.25, 0.3) is 0 Å². The van der Waals surface area contributed by atoms with Crippen LogP contribution in [-0.2, 0) is 23.9 Å². The van der Waals surface area contributed by atoms with E-state index in [1.54, 1.807) is 19.9 Å². The van der Waals surface area contributed by atoms with Crippen LogP contribution in [0, 0.1) is 0 Å². The Bertz CT molecular complexity index is 410. The topological polar surface area (TPSA) is 89.9 Å². The van der Waals surface area contributed by atoms with Gasteiger partial charge in [0.1, 0.15) is 6.10 Å². The number of carbonyl (C=O) groups is 3. The summed E-state index contributed by atoms with van der Waals surface area (Å²) < 4.78 is 10.2. The maximum Gasteiger partial charge on any atom is 0.334 e. The Balaban J connectivity index is 2.52. The van der Waals surface area contributed by atoms with E-state index in [-0.39, 0.29) is 24.9 Å². The Morgan fingerprint density at radius 1 is 1.35 bits per heavy atom. The molecule has 1 atom stereocenters. The minimum atomic E-state index is -1.04. The quantitative estimate of drug-likeness (QED) is 0.748. The molecule has 112 valence electrons. The molecule has 0 saturated carbocycles. The van der Waals surface area contributed by atoms with E-state index in [2.05, 4.69) is 0 Å². The van der Waals surface area contributed by atoms with E-state index in [9.17, 15) is 14.4 Å². The fourth-order valence-electron chi connectivity index (χ4n) is 1.87. The van der Waals surface area contributed by atoms with Crippen molar-refractivity contribution in [3.05, 3.63) is 11.6 Å². The summed E-state index contributed by atoms with van der Waals surface area (Å²) in [6.45, 7) is 3.54. The number of carboxylic acids is 1. The lowest BCUT2D eigenvalue weighted by atomic mass is 9.97. The third kappa shape index (κ3) is 5.86. The molecule has 0 saturated heterocycles. The van der Waals surface area contributed by atoms with Gasteiger partial charge in [0, 0.05) is 5.57 Å². The number of hydrogen-bond acceptors (Lipinski definition) is 5. The van der Waals surface area contributed by atoms with Crippen molar-refractivity contribution in [2.45, 2.75) is 58.2 Å². The smallest absolute Gasteiger partial charge is 0.334 e. The van der Waals surface area contributed by atoms with E-state index in [0.717, 1.165) is 6.42 Å². The molecule has 0 aromatic carbocycles. The summed E-state index contributed by atoms with van der Waals surface area (Å²) >= 11 is 0. The van der Waals surface area contributed by atoms with Gasteiger partial charge in [-0.25, -0.2) is 4.79 Å². The molecule has 0 heterocycles. The third-order valence-corrected chi connectivity index (χ3v) is 2.75. The van der Waals surface area contributed by atoms with E-state index in [0.29, 0.717) is 18.4 Å². The first-order valence-corrected chi connectivity index (χ1v) is 6.71. The second kappa shape index (κ2) is 7.67. The SMILES string of the molecule is CC(C)OC(=O)C1=CC(OC(=O)CCC(=O)O)CCC1. The molecule has 20 heavy (non-hydrogen) atoms. The second-order valence-electron chi connectivity index (χ2n) is 4.96. The Morgan fingerprint density at radius 3 is 2.65 bits per heavy atom. The predicted octanol–water partition coefficient (Wildman–Crippen LogP) is 1.82. The molecule has 1 N–H and O–H groups in total. The molecule has 0 fully saturated rings. The standard InChI is InChI=1S/C14H20O6/c1-9(2)19-14(18)10-4-3-5-11(8-10)20-13(17)7-6-12(15)16/h8-9,11H,3-7H2,1-2H3,(H,15,16). The molecule has 1 unspecified atom stereocenters. The lowest BCUT2D eigenvalue weighted by Crippen LogP contribution is -2.23. The third-order valence-electron chi connectivity index (χ3n) is 2.75. The van der Waals surface area contributed by atoms with Gasteiger partial charge in [-0.2, -0.15) is 0 Å². The van der Waals surface area contributed by atoms with E-state index in [1.165, 1.54) is 0 Å². The normalized spacial score (nSPS) is 18.4. The van der Waals surface area contributed by atoms with Crippen LogP contribution in [0.4, 0.5) is 0 Å². The van der Waals surface area contributed by atoms with E-state index in [4.69, 9.17) is 14.6 Å². The minimum absolute atomic E-state index is 0.161. The van der Waals surface area contributed by atoms with Crippen molar-refractivity contribution in [1.29, 1.82) is 0 Å². The van der Waals surface area contributed by atoms with Crippen LogP contribution in [-0.4, -0.2) is 35.2 Å². The van der Waals surface area contributed by atoms with Gasteiger partial charge in [-0.05, 0) is 39.2 Å². The van der Waals surface area contributed by atoms with Crippen molar-refractivity contribution in [3.8, 4) is 0 Å². The van der Waals surface area contributed by atoms with Gasteiger partial charge in [-0.3, -0.25) is 9.59 Å². The molecule has 1 aliphatic rings. The van der Waals surface area contributed by atoms with E-state index in [1.807, 2.05) is 0 Å². The van der Waals surface area contributed by atoms with Crippen LogP contribution in [0.3, 0.4) is 0 Å². The van der Waals surface area contributed by atoms with Crippen LogP contribution in [0.5, 0.6) is 0 Å². The number of rotatable bonds is 6. The lowest BCUT2D eigenvalue weighted by molar-refractivity contribution is -0.151. The Labute approximate surface area is 117 Å². The van der Waals surface area contributed by atoms with E-state index < -0.39 is 18.0 Å². The highest BCUT2D eigenvalue weighted by Gasteiger charge is 2.22. The average Bonchev–Trinajstić information content (AvgIpc) is 2.36. The summed E-state index contributed by atoms with van der Waals surface area (Å²) in [6.07, 6.45) is 2.50. The van der Waals surface area contributed by atoms with Crippen LogP contribution in [0.15, 0.2) is 11.6 Å². The minimum Gasteiger partial charge on any atom is -0.481 e. The number of carbonyl (C=O) groups excluding carboxylic acids is 2. The van der Waals surface area contributed by atoms with Crippen LogP contribution >= 0.6 is 0 Å². The highest BCUT2D eigenvalue weighted by atomic mass is 16.5. The Morgan fingerprint density at radius 2 is 2.05 bits per heavy atom. The zero-order valence-electron chi connectivity index (χ0n) is 11.8. The van der Waals surface area contributed by atoms with Crippen LogP contribution < -0.4 is 0 Å². The summed E-state index contributed by atoms with van der Waals surface area (Å²) in [6, 6.07) is 0. The highest BCUT2D eigenvalue weighted by molar-refractivity contribution is 5.89. The summed E-state index contributed by atoms with van der Waals surface area (Å²) in [5.74, 6) is -1.99. The Kier molecular flexibility index (Phi) is 6.21. The van der Waals surface area contributed by atoms with Gasteiger partial charge < -0.3 is 14.6 Å². The van der Waals surface area contributed by atoms with Gasteiger partial charge in [0.15, 0.2) is 0 Å². The average molecular weight is 284 g/mol. The van der Waals surface area contributed by atoms with Crippen molar-refractivity contribution >= 4 is 17.9 Å².